The van der Waals surface area contributed by atoms with Gasteiger partial charge in [0.25, 0.3) is 0 Å². The number of rotatable bonds is 3. The summed E-state index contributed by atoms with van der Waals surface area (Å²) in [6, 6.07) is 7.81. The van der Waals surface area contributed by atoms with Gasteiger partial charge in [0.05, 0.1) is 17.8 Å². The Hall–Kier alpha value is -1.55. The number of hydrogen-bond acceptors (Lipinski definition) is 3. The van der Waals surface area contributed by atoms with Gasteiger partial charge < -0.3 is 15.0 Å². The molecule has 2 aliphatic heterocycles. The molecule has 4 nitrogen and oxygen atoms in total. The van der Waals surface area contributed by atoms with Gasteiger partial charge in [0, 0.05) is 0 Å². The molecule has 0 aliphatic carbocycles. The number of fused-ring (bicyclic) bond motifs is 1. The van der Waals surface area contributed by atoms with Crippen molar-refractivity contribution in [2.45, 2.75) is 38.1 Å². The first-order valence-corrected chi connectivity index (χ1v) is 7.56. The second kappa shape index (κ2) is 5.44. The van der Waals surface area contributed by atoms with Crippen molar-refractivity contribution >= 4 is 11.6 Å². The average molecular weight is 274 g/mol. The van der Waals surface area contributed by atoms with Crippen molar-refractivity contribution in [1.82, 2.24) is 5.32 Å². The van der Waals surface area contributed by atoms with Crippen molar-refractivity contribution in [3.63, 3.8) is 0 Å². The maximum atomic E-state index is 13.1. The number of carbonyl (C=O) groups excluding carboxylic acids is 1. The minimum atomic E-state index is -0.362. The Kier molecular flexibility index (Phi) is 3.66. The number of ether oxygens (including phenoxy) is 1. The number of para-hydroxylation sites is 2. The van der Waals surface area contributed by atoms with Gasteiger partial charge in [-0.3, -0.25) is 4.79 Å². The summed E-state index contributed by atoms with van der Waals surface area (Å²) in [5.74, 6) is 1.03. The Morgan fingerprint density at radius 3 is 3.05 bits per heavy atom. The van der Waals surface area contributed by atoms with Crippen LogP contribution in [0, 0.1) is 0 Å². The molecule has 1 atom stereocenters. The van der Waals surface area contributed by atoms with Crippen LogP contribution in [0.25, 0.3) is 0 Å². The second-order valence-corrected chi connectivity index (χ2v) is 5.64. The molecule has 1 aromatic rings. The molecule has 0 radical (unpaired) electrons. The second-order valence-electron chi connectivity index (χ2n) is 5.64. The summed E-state index contributed by atoms with van der Waals surface area (Å²) >= 11 is 0. The molecule has 3 rings (SSSR count). The summed E-state index contributed by atoms with van der Waals surface area (Å²) in [7, 11) is 0. The van der Waals surface area contributed by atoms with Gasteiger partial charge in [-0.15, -0.1) is 0 Å². The topological polar surface area (TPSA) is 41.6 Å². The van der Waals surface area contributed by atoms with Crippen LogP contribution in [-0.2, 0) is 4.79 Å². The highest BCUT2D eigenvalue weighted by Gasteiger charge is 2.43. The zero-order valence-corrected chi connectivity index (χ0v) is 12.0. The van der Waals surface area contributed by atoms with Crippen LogP contribution < -0.4 is 15.0 Å². The predicted molar refractivity (Wildman–Crippen MR) is 79.2 cm³/mol. The third-order valence-corrected chi connectivity index (χ3v) is 4.30. The summed E-state index contributed by atoms with van der Waals surface area (Å²) in [6.45, 7) is 4.30. The Morgan fingerprint density at radius 2 is 2.30 bits per heavy atom. The molecule has 1 saturated heterocycles. The fraction of sp³-hybridized carbons (Fsp3) is 0.562. The van der Waals surface area contributed by atoms with Crippen molar-refractivity contribution in [2.75, 3.05) is 24.6 Å². The molecule has 0 spiro atoms. The smallest absolute Gasteiger partial charge is 0.247 e. The van der Waals surface area contributed by atoms with Crippen LogP contribution in [0.3, 0.4) is 0 Å². The van der Waals surface area contributed by atoms with Crippen LogP contribution in [-0.4, -0.2) is 31.1 Å². The number of carbonyl (C=O) groups is 1. The Labute approximate surface area is 120 Å². The van der Waals surface area contributed by atoms with E-state index >= 15 is 0 Å². The van der Waals surface area contributed by atoms with Crippen molar-refractivity contribution in [2.24, 2.45) is 0 Å². The van der Waals surface area contributed by atoms with Gasteiger partial charge in [-0.2, -0.15) is 0 Å². The zero-order chi connectivity index (χ0) is 14.0. The van der Waals surface area contributed by atoms with Gasteiger partial charge in [0.1, 0.15) is 12.4 Å². The first-order chi connectivity index (χ1) is 9.77. The standard InChI is InChI=1S/C16H22N2O2/c1-2-8-16(9-5-10-17-16)15(19)18-11-12-20-14-7-4-3-6-13(14)18/h3-4,6-7,17H,2,5,8-12H2,1H3. The third-order valence-electron chi connectivity index (χ3n) is 4.30. The molecule has 2 heterocycles. The normalized spacial score (nSPS) is 25.1. The largest absolute Gasteiger partial charge is 0.490 e. The van der Waals surface area contributed by atoms with Crippen molar-refractivity contribution < 1.29 is 9.53 Å². The van der Waals surface area contributed by atoms with E-state index in [-0.39, 0.29) is 11.4 Å². The molecule has 1 amide bonds. The van der Waals surface area contributed by atoms with Gasteiger partial charge in [0.15, 0.2) is 0 Å². The SMILES string of the molecule is CCCC1(C(=O)N2CCOc3ccccc32)CCCN1. The number of amides is 1. The molecule has 20 heavy (non-hydrogen) atoms. The molecule has 1 unspecified atom stereocenters. The fourth-order valence-corrected chi connectivity index (χ4v) is 3.37. The quantitative estimate of drug-likeness (QED) is 0.920. The lowest BCUT2D eigenvalue weighted by atomic mass is 9.89. The monoisotopic (exact) mass is 274 g/mol. The average Bonchev–Trinajstić information content (AvgIpc) is 2.96. The summed E-state index contributed by atoms with van der Waals surface area (Å²) in [5.41, 5.74) is 0.548. The van der Waals surface area contributed by atoms with E-state index in [0.29, 0.717) is 13.2 Å². The van der Waals surface area contributed by atoms with Crippen molar-refractivity contribution in [3.05, 3.63) is 24.3 Å². The van der Waals surface area contributed by atoms with E-state index < -0.39 is 0 Å². The summed E-state index contributed by atoms with van der Waals surface area (Å²) < 4.78 is 5.65. The molecule has 2 aliphatic rings. The molecule has 0 saturated carbocycles. The van der Waals surface area contributed by atoms with Gasteiger partial charge in [-0.25, -0.2) is 0 Å². The number of nitrogens with one attached hydrogen (secondary N) is 1. The van der Waals surface area contributed by atoms with E-state index in [1.807, 2.05) is 29.2 Å². The predicted octanol–water partition coefficient (Wildman–Crippen LogP) is 2.33. The number of hydrogen-bond donors (Lipinski definition) is 1. The number of benzene rings is 1. The maximum absolute atomic E-state index is 13.1. The van der Waals surface area contributed by atoms with Crippen molar-refractivity contribution in [3.8, 4) is 5.75 Å². The number of nitrogens with zero attached hydrogens (tertiary/aromatic N) is 1. The molecule has 0 aromatic heterocycles. The van der Waals surface area contributed by atoms with Gasteiger partial charge in [-0.1, -0.05) is 25.5 Å². The first kappa shape index (κ1) is 13.4. The lowest BCUT2D eigenvalue weighted by Crippen LogP contribution is -2.56. The van der Waals surface area contributed by atoms with Crippen LogP contribution in [0.2, 0.25) is 0 Å². The highest BCUT2D eigenvalue weighted by Crippen LogP contribution is 2.35. The summed E-state index contributed by atoms with van der Waals surface area (Å²) in [6.07, 6.45) is 3.95. The maximum Gasteiger partial charge on any atom is 0.247 e. The van der Waals surface area contributed by atoms with E-state index in [1.165, 1.54) is 0 Å². The molecular weight excluding hydrogens is 252 g/mol. The Balaban J connectivity index is 1.91. The Morgan fingerprint density at radius 1 is 1.45 bits per heavy atom. The van der Waals surface area contributed by atoms with E-state index in [9.17, 15) is 4.79 Å². The molecule has 1 N–H and O–H groups in total. The third kappa shape index (κ3) is 2.18. The minimum Gasteiger partial charge on any atom is -0.490 e. The zero-order valence-electron chi connectivity index (χ0n) is 12.0. The van der Waals surface area contributed by atoms with E-state index in [0.717, 1.165) is 43.7 Å². The Bertz CT molecular complexity index is 495. The van der Waals surface area contributed by atoms with Gasteiger partial charge in [-0.05, 0) is 37.9 Å². The van der Waals surface area contributed by atoms with Gasteiger partial charge >= 0.3 is 0 Å². The number of anilines is 1. The lowest BCUT2D eigenvalue weighted by molar-refractivity contribution is -0.125. The van der Waals surface area contributed by atoms with Crippen LogP contribution >= 0.6 is 0 Å². The fourth-order valence-electron chi connectivity index (χ4n) is 3.37. The molecule has 108 valence electrons. The van der Waals surface area contributed by atoms with Crippen LogP contribution in [0.5, 0.6) is 5.75 Å². The molecular formula is C16H22N2O2. The van der Waals surface area contributed by atoms with E-state index in [4.69, 9.17) is 4.74 Å². The van der Waals surface area contributed by atoms with Crippen LogP contribution in [0.4, 0.5) is 5.69 Å². The highest BCUT2D eigenvalue weighted by atomic mass is 16.5. The lowest BCUT2D eigenvalue weighted by Gasteiger charge is -2.37. The van der Waals surface area contributed by atoms with E-state index in [1.54, 1.807) is 0 Å². The van der Waals surface area contributed by atoms with E-state index in [2.05, 4.69) is 12.2 Å². The van der Waals surface area contributed by atoms with Crippen LogP contribution in [0.1, 0.15) is 32.6 Å². The first-order valence-electron chi connectivity index (χ1n) is 7.56. The van der Waals surface area contributed by atoms with Crippen molar-refractivity contribution in [1.29, 1.82) is 0 Å². The molecule has 1 fully saturated rings. The molecule has 4 heteroatoms. The summed E-state index contributed by atoms with van der Waals surface area (Å²) in [5, 5.41) is 3.47. The summed E-state index contributed by atoms with van der Waals surface area (Å²) in [4.78, 5) is 15.0. The minimum absolute atomic E-state index is 0.215. The highest BCUT2D eigenvalue weighted by molar-refractivity contribution is 6.01. The molecule has 1 aromatic carbocycles. The van der Waals surface area contributed by atoms with Crippen LogP contribution in [0.15, 0.2) is 24.3 Å². The molecule has 0 bridgehead atoms. The van der Waals surface area contributed by atoms with Gasteiger partial charge in [0.2, 0.25) is 5.91 Å².